The number of carbonyl (C=O) groups excluding carboxylic acids is 1. The van der Waals surface area contributed by atoms with Crippen molar-refractivity contribution in [3.05, 3.63) is 40.6 Å². The number of aromatic nitrogens is 2. The second-order valence-corrected chi connectivity index (χ2v) is 5.15. The fourth-order valence-corrected chi connectivity index (χ4v) is 1.79. The zero-order valence-corrected chi connectivity index (χ0v) is 12.3. The second-order valence-electron chi connectivity index (χ2n) is 4.75. The summed E-state index contributed by atoms with van der Waals surface area (Å²) in [7, 11) is 0. The molecule has 0 saturated carbocycles. The van der Waals surface area contributed by atoms with Crippen molar-refractivity contribution >= 4 is 23.2 Å². The van der Waals surface area contributed by atoms with Crippen molar-refractivity contribution in [2.24, 2.45) is 0 Å². The third-order valence-electron chi connectivity index (χ3n) is 2.66. The van der Waals surface area contributed by atoms with Gasteiger partial charge in [-0.15, -0.1) is 10.2 Å². The number of anilines is 1. The summed E-state index contributed by atoms with van der Waals surface area (Å²) in [5.74, 6) is -0.930. The maximum absolute atomic E-state index is 12.7. The molecule has 0 atom stereocenters. The lowest BCUT2D eigenvalue weighted by atomic mass is 10.2. The highest BCUT2D eigenvalue weighted by Gasteiger charge is 2.33. The summed E-state index contributed by atoms with van der Waals surface area (Å²) in [6.07, 6.45) is -4.62. The van der Waals surface area contributed by atoms with Crippen molar-refractivity contribution in [1.29, 1.82) is 0 Å². The average molecular weight is 334 g/mol. The normalized spacial score (nSPS) is 11.8. The highest BCUT2D eigenvalue weighted by Crippen LogP contribution is 2.36. The van der Waals surface area contributed by atoms with Crippen LogP contribution in [0.5, 0.6) is 0 Å². The van der Waals surface area contributed by atoms with E-state index in [4.69, 9.17) is 16.0 Å². The quantitative estimate of drug-likeness (QED) is 0.917. The van der Waals surface area contributed by atoms with Crippen molar-refractivity contribution in [2.75, 3.05) is 5.32 Å². The van der Waals surface area contributed by atoms with Gasteiger partial charge in [-0.1, -0.05) is 25.4 Å². The number of hydrogen-bond donors (Lipinski definition) is 1. The Hall–Kier alpha value is -2.09. The molecule has 118 valence electrons. The lowest BCUT2D eigenvalue weighted by Gasteiger charge is -2.11. The first-order chi connectivity index (χ1) is 10.2. The number of amides is 1. The van der Waals surface area contributed by atoms with Crippen LogP contribution in [0.4, 0.5) is 18.9 Å². The molecule has 0 aliphatic carbocycles. The number of halogens is 4. The van der Waals surface area contributed by atoms with Crippen LogP contribution in [0.15, 0.2) is 22.6 Å². The number of nitrogens with one attached hydrogen (secondary N) is 1. The predicted octanol–water partition coefficient (Wildman–Crippen LogP) is 4.12. The molecule has 9 heteroatoms. The maximum atomic E-state index is 12.7. The molecular weight excluding hydrogens is 323 g/mol. The Labute approximate surface area is 128 Å². The lowest BCUT2D eigenvalue weighted by molar-refractivity contribution is -0.137. The number of benzene rings is 1. The molecule has 0 unspecified atom stereocenters. The number of alkyl halides is 3. The number of nitrogens with zero attached hydrogens (tertiary/aromatic N) is 2. The van der Waals surface area contributed by atoms with Crippen molar-refractivity contribution < 1.29 is 22.4 Å². The standard InChI is InChI=1S/C13H11ClF3N3O2/c1-6(2)11-19-20-12(22-11)10(21)18-7-3-4-9(14)8(5-7)13(15,16)17/h3-6H,1-2H3,(H,18,21). The van der Waals surface area contributed by atoms with E-state index in [9.17, 15) is 18.0 Å². The Morgan fingerprint density at radius 1 is 1.32 bits per heavy atom. The first-order valence-corrected chi connectivity index (χ1v) is 6.57. The van der Waals surface area contributed by atoms with Crippen LogP contribution in [-0.2, 0) is 6.18 Å². The predicted molar refractivity (Wildman–Crippen MR) is 72.8 cm³/mol. The van der Waals surface area contributed by atoms with Gasteiger partial charge in [0.1, 0.15) is 0 Å². The minimum absolute atomic E-state index is 0.0681. The number of rotatable bonds is 3. The summed E-state index contributed by atoms with van der Waals surface area (Å²) in [5, 5.41) is 9.02. The molecule has 5 nitrogen and oxygen atoms in total. The molecule has 2 rings (SSSR count). The van der Waals surface area contributed by atoms with E-state index >= 15 is 0 Å². The minimum Gasteiger partial charge on any atom is -0.417 e. The van der Waals surface area contributed by atoms with E-state index in [-0.39, 0.29) is 23.4 Å². The molecule has 1 amide bonds. The van der Waals surface area contributed by atoms with E-state index in [0.717, 1.165) is 12.1 Å². The monoisotopic (exact) mass is 333 g/mol. The van der Waals surface area contributed by atoms with Crippen LogP contribution in [0.1, 0.15) is 41.9 Å². The molecule has 0 spiro atoms. The van der Waals surface area contributed by atoms with Gasteiger partial charge in [-0.25, -0.2) is 0 Å². The van der Waals surface area contributed by atoms with Gasteiger partial charge in [0.25, 0.3) is 0 Å². The van der Waals surface area contributed by atoms with Gasteiger partial charge in [0.15, 0.2) is 0 Å². The first-order valence-electron chi connectivity index (χ1n) is 6.20. The van der Waals surface area contributed by atoms with Gasteiger partial charge in [-0.3, -0.25) is 4.79 Å². The average Bonchev–Trinajstić information content (AvgIpc) is 2.89. The van der Waals surface area contributed by atoms with E-state index in [1.54, 1.807) is 13.8 Å². The summed E-state index contributed by atoms with van der Waals surface area (Å²) < 4.78 is 43.3. The maximum Gasteiger partial charge on any atom is 0.417 e. The Balaban J connectivity index is 2.21. The van der Waals surface area contributed by atoms with Crippen LogP contribution in [0, 0.1) is 0 Å². The Bertz CT molecular complexity index is 698. The largest absolute Gasteiger partial charge is 0.417 e. The number of hydrogen-bond acceptors (Lipinski definition) is 4. The molecule has 0 aliphatic rings. The van der Waals surface area contributed by atoms with Crippen molar-refractivity contribution in [3.63, 3.8) is 0 Å². The first kappa shape index (κ1) is 16.3. The van der Waals surface area contributed by atoms with Gasteiger partial charge in [0, 0.05) is 11.6 Å². The fourth-order valence-electron chi connectivity index (χ4n) is 1.56. The van der Waals surface area contributed by atoms with Crippen LogP contribution < -0.4 is 5.32 Å². The molecular formula is C13H11ClF3N3O2. The topological polar surface area (TPSA) is 68.0 Å². The van der Waals surface area contributed by atoms with E-state index in [1.165, 1.54) is 6.07 Å². The Morgan fingerprint density at radius 2 is 2.00 bits per heavy atom. The molecule has 1 aromatic heterocycles. The third kappa shape index (κ3) is 3.56. The van der Waals surface area contributed by atoms with Crippen LogP contribution in [0.25, 0.3) is 0 Å². The molecule has 1 aromatic carbocycles. The van der Waals surface area contributed by atoms with Crippen molar-refractivity contribution in [1.82, 2.24) is 10.2 Å². The summed E-state index contributed by atoms with van der Waals surface area (Å²) in [6, 6.07) is 3.03. The van der Waals surface area contributed by atoms with Gasteiger partial charge < -0.3 is 9.73 Å². The molecule has 0 aliphatic heterocycles. The van der Waals surface area contributed by atoms with E-state index in [0.29, 0.717) is 0 Å². The highest BCUT2D eigenvalue weighted by atomic mass is 35.5. The zero-order chi connectivity index (χ0) is 16.5. The van der Waals surface area contributed by atoms with Crippen LogP contribution >= 0.6 is 11.6 Å². The molecule has 0 radical (unpaired) electrons. The van der Waals surface area contributed by atoms with Crippen LogP contribution in [0.3, 0.4) is 0 Å². The molecule has 0 fully saturated rings. The van der Waals surface area contributed by atoms with Crippen molar-refractivity contribution in [2.45, 2.75) is 25.9 Å². The van der Waals surface area contributed by atoms with Gasteiger partial charge >= 0.3 is 18.0 Å². The van der Waals surface area contributed by atoms with Gasteiger partial charge in [0.05, 0.1) is 10.6 Å². The van der Waals surface area contributed by atoms with Crippen LogP contribution in [-0.4, -0.2) is 16.1 Å². The van der Waals surface area contributed by atoms with Gasteiger partial charge in [0.2, 0.25) is 5.89 Å². The number of carbonyl (C=O) groups is 1. The Kier molecular flexibility index (Phi) is 4.41. The zero-order valence-electron chi connectivity index (χ0n) is 11.5. The smallest absolute Gasteiger partial charge is 0.417 e. The molecule has 0 saturated heterocycles. The third-order valence-corrected chi connectivity index (χ3v) is 2.99. The SMILES string of the molecule is CC(C)c1nnc(C(=O)Nc2ccc(Cl)c(C(F)(F)F)c2)o1. The molecule has 1 N–H and O–H groups in total. The highest BCUT2D eigenvalue weighted by molar-refractivity contribution is 6.31. The summed E-state index contributed by atoms with van der Waals surface area (Å²) in [4.78, 5) is 11.9. The summed E-state index contributed by atoms with van der Waals surface area (Å²) in [6.45, 7) is 3.59. The fraction of sp³-hybridized carbons (Fsp3) is 0.308. The van der Waals surface area contributed by atoms with E-state index in [1.807, 2.05) is 0 Å². The molecule has 22 heavy (non-hydrogen) atoms. The molecule has 2 aromatic rings. The summed E-state index contributed by atoms with van der Waals surface area (Å²) in [5.41, 5.74) is -1.12. The lowest BCUT2D eigenvalue weighted by Crippen LogP contribution is -2.14. The van der Waals surface area contributed by atoms with Crippen LogP contribution in [0.2, 0.25) is 5.02 Å². The summed E-state index contributed by atoms with van der Waals surface area (Å²) >= 11 is 5.50. The van der Waals surface area contributed by atoms with Gasteiger partial charge in [-0.2, -0.15) is 13.2 Å². The van der Waals surface area contributed by atoms with E-state index < -0.39 is 22.7 Å². The van der Waals surface area contributed by atoms with Gasteiger partial charge in [-0.05, 0) is 18.2 Å². The minimum atomic E-state index is -4.62. The Morgan fingerprint density at radius 3 is 2.55 bits per heavy atom. The van der Waals surface area contributed by atoms with Crippen molar-refractivity contribution in [3.8, 4) is 0 Å². The molecule has 1 heterocycles. The second kappa shape index (κ2) is 5.96. The molecule has 0 bridgehead atoms. The van der Waals surface area contributed by atoms with E-state index in [2.05, 4.69) is 15.5 Å².